The molecule has 0 saturated heterocycles. The molecule has 3 aromatic heterocycles. The summed E-state index contributed by atoms with van der Waals surface area (Å²) in [7, 11) is 0. The van der Waals surface area contributed by atoms with Crippen LogP contribution >= 0.6 is 0 Å². The zero-order chi connectivity index (χ0) is 28.7. The molecule has 0 amide bonds. The summed E-state index contributed by atoms with van der Waals surface area (Å²) in [6, 6.07) is 43.5. The van der Waals surface area contributed by atoms with Gasteiger partial charge in [0.25, 0.3) is 0 Å². The van der Waals surface area contributed by atoms with Crippen LogP contribution in [0, 0.1) is 17.9 Å². The molecule has 0 aliphatic carbocycles. The molecular formula is C38H20N4O. The number of furan rings is 1. The van der Waals surface area contributed by atoms with Crippen molar-refractivity contribution in [3.8, 4) is 17.4 Å². The molecule has 9 aromatic rings. The highest BCUT2D eigenvalue weighted by molar-refractivity contribution is 6.13. The van der Waals surface area contributed by atoms with Gasteiger partial charge in [0.2, 0.25) is 0 Å². The number of hydrogen-bond acceptors (Lipinski definition) is 2. The predicted molar refractivity (Wildman–Crippen MR) is 173 cm³/mol. The highest BCUT2D eigenvalue weighted by Gasteiger charge is 2.17. The van der Waals surface area contributed by atoms with Gasteiger partial charge in [-0.15, -0.1) is 0 Å². The summed E-state index contributed by atoms with van der Waals surface area (Å²) in [5.74, 6) is 0. The molecule has 9 rings (SSSR count). The van der Waals surface area contributed by atoms with Crippen molar-refractivity contribution in [3.63, 3.8) is 0 Å². The van der Waals surface area contributed by atoms with Crippen molar-refractivity contribution in [2.75, 3.05) is 0 Å². The van der Waals surface area contributed by atoms with Gasteiger partial charge in [0.1, 0.15) is 11.2 Å². The van der Waals surface area contributed by atoms with Gasteiger partial charge in [-0.05, 0) is 84.2 Å². The van der Waals surface area contributed by atoms with Crippen LogP contribution in [0.25, 0.3) is 81.8 Å². The molecule has 198 valence electrons. The average Bonchev–Trinajstić information content (AvgIpc) is 3.71. The van der Waals surface area contributed by atoms with Crippen molar-refractivity contribution in [2.45, 2.75) is 0 Å². The normalized spacial score (nSPS) is 11.7. The Hall–Kier alpha value is -6.30. The van der Waals surface area contributed by atoms with Crippen molar-refractivity contribution in [3.05, 3.63) is 138 Å². The van der Waals surface area contributed by atoms with Crippen molar-refractivity contribution in [1.29, 1.82) is 5.26 Å². The number of para-hydroxylation sites is 2. The second-order valence-corrected chi connectivity index (χ2v) is 10.8. The van der Waals surface area contributed by atoms with Crippen LogP contribution in [0.4, 0.5) is 5.69 Å². The van der Waals surface area contributed by atoms with E-state index in [9.17, 15) is 5.26 Å². The van der Waals surface area contributed by atoms with Crippen LogP contribution in [-0.4, -0.2) is 9.13 Å². The van der Waals surface area contributed by atoms with E-state index in [1.165, 1.54) is 5.39 Å². The lowest BCUT2D eigenvalue weighted by molar-refractivity contribution is 0.669. The van der Waals surface area contributed by atoms with Crippen LogP contribution in [0.5, 0.6) is 0 Å². The molecule has 5 nitrogen and oxygen atoms in total. The third kappa shape index (κ3) is 3.25. The molecule has 6 aromatic carbocycles. The summed E-state index contributed by atoms with van der Waals surface area (Å²) < 4.78 is 10.7. The maximum absolute atomic E-state index is 9.48. The Morgan fingerprint density at radius 3 is 1.74 bits per heavy atom. The number of rotatable bonds is 2. The minimum absolute atomic E-state index is 0.611. The topological polar surface area (TPSA) is 51.1 Å². The molecule has 0 spiro atoms. The molecule has 0 aliphatic rings. The summed E-state index contributed by atoms with van der Waals surface area (Å²) >= 11 is 0. The fraction of sp³-hybridized carbons (Fsp3) is 0. The summed E-state index contributed by atoms with van der Waals surface area (Å²) in [6.07, 6.45) is 0. The average molecular weight is 549 g/mol. The largest absolute Gasteiger partial charge is 0.456 e. The van der Waals surface area contributed by atoms with E-state index >= 15 is 0 Å². The smallest absolute Gasteiger partial charge is 0.188 e. The molecule has 0 aliphatic heterocycles. The van der Waals surface area contributed by atoms with E-state index < -0.39 is 0 Å². The van der Waals surface area contributed by atoms with Crippen molar-refractivity contribution < 1.29 is 4.42 Å². The summed E-state index contributed by atoms with van der Waals surface area (Å²) in [4.78, 5) is 3.67. The second-order valence-electron chi connectivity index (χ2n) is 10.8. The standard InChI is InChI=1S/C38H20N4O/c1-40-24-11-14-35-29(19-24)27-6-2-4-8-33(27)41(35)25-12-15-36-30(20-25)28-7-3-5-9-34(28)42(36)26-13-17-38-32(21-26)31-18-23(22-39)10-16-37(31)43-38/h2-21H. The van der Waals surface area contributed by atoms with Crippen LogP contribution in [0.1, 0.15) is 5.56 Å². The molecule has 5 heteroatoms. The van der Waals surface area contributed by atoms with Crippen molar-refractivity contribution >= 4 is 71.2 Å². The highest BCUT2D eigenvalue weighted by atomic mass is 16.3. The summed E-state index contributed by atoms with van der Waals surface area (Å²) in [6.45, 7) is 7.53. The Balaban J connectivity index is 1.32. The molecule has 0 radical (unpaired) electrons. The van der Waals surface area contributed by atoms with Crippen LogP contribution in [0.2, 0.25) is 0 Å². The van der Waals surface area contributed by atoms with Crippen molar-refractivity contribution in [2.24, 2.45) is 0 Å². The minimum atomic E-state index is 0.611. The fourth-order valence-electron chi connectivity index (χ4n) is 6.66. The lowest BCUT2D eigenvalue weighted by Crippen LogP contribution is -1.95. The monoisotopic (exact) mass is 548 g/mol. The van der Waals surface area contributed by atoms with E-state index in [0.29, 0.717) is 11.3 Å². The van der Waals surface area contributed by atoms with E-state index in [1.807, 2.05) is 30.3 Å². The first kappa shape index (κ1) is 23.4. The number of benzene rings is 6. The van der Waals surface area contributed by atoms with Crippen LogP contribution in [0.15, 0.2) is 126 Å². The molecular weight excluding hydrogens is 528 g/mol. The Kier molecular flexibility index (Phi) is 4.68. The Labute approximate surface area is 245 Å². The summed E-state index contributed by atoms with van der Waals surface area (Å²) in [5.41, 5.74) is 9.31. The maximum Gasteiger partial charge on any atom is 0.188 e. The number of nitrogens with zero attached hydrogens (tertiary/aromatic N) is 4. The van der Waals surface area contributed by atoms with Gasteiger partial charge in [0, 0.05) is 38.3 Å². The van der Waals surface area contributed by atoms with Crippen LogP contribution < -0.4 is 0 Å². The lowest BCUT2D eigenvalue weighted by atomic mass is 10.1. The van der Waals surface area contributed by atoms with E-state index in [1.54, 1.807) is 6.07 Å². The Morgan fingerprint density at radius 1 is 0.535 bits per heavy atom. The van der Waals surface area contributed by atoms with E-state index in [-0.39, 0.29) is 0 Å². The third-order valence-electron chi connectivity index (χ3n) is 8.54. The zero-order valence-corrected chi connectivity index (χ0v) is 22.7. The molecule has 0 N–H and O–H groups in total. The van der Waals surface area contributed by atoms with Gasteiger partial charge in [0.05, 0.1) is 40.3 Å². The fourth-order valence-corrected chi connectivity index (χ4v) is 6.66. The minimum Gasteiger partial charge on any atom is -0.456 e. The molecule has 43 heavy (non-hydrogen) atoms. The zero-order valence-electron chi connectivity index (χ0n) is 22.7. The van der Waals surface area contributed by atoms with E-state index in [2.05, 4.69) is 105 Å². The molecule has 0 saturated carbocycles. The number of fused-ring (bicyclic) bond motifs is 9. The van der Waals surface area contributed by atoms with Gasteiger partial charge in [-0.1, -0.05) is 42.5 Å². The van der Waals surface area contributed by atoms with E-state index in [4.69, 9.17) is 11.0 Å². The molecule has 3 heterocycles. The van der Waals surface area contributed by atoms with Gasteiger partial charge in [-0.25, -0.2) is 4.85 Å². The Morgan fingerprint density at radius 2 is 1.07 bits per heavy atom. The first-order valence-corrected chi connectivity index (χ1v) is 14.0. The van der Waals surface area contributed by atoms with Gasteiger partial charge >= 0.3 is 0 Å². The van der Waals surface area contributed by atoms with Gasteiger partial charge in [-0.3, -0.25) is 0 Å². The van der Waals surface area contributed by atoms with Gasteiger partial charge in [0.15, 0.2) is 5.69 Å². The van der Waals surface area contributed by atoms with Crippen LogP contribution in [0.3, 0.4) is 0 Å². The molecule has 0 bridgehead atoms. The lowest BCUT2D eigenvalue weighted by Gasteiger charge is -2.10. The first-order chi connectivity index (χ1) is 21.2. The quantitative estimate of drug-likeness (QED) is 0.202. The maximum atomic E-state index is 9.48. The third-order valence-corrected chi connectivity index (χ3v) is 8.54. The van der Waals surface area contributed by atoms with Crippen molar-refractivity contribution in [1.82, 2.24) is 9.13 Å². The molecule has 0 atom stereocenters. The van der Waals surface area contributed by atoms with Crippen LogP contribution in [-0.2, 0) is 0 Å². The molecule has 0 unspecified atom stereocenters. The second kappa shape index (κ2) is 8.60. The number of aromatic nitrogens is 2. The van der Waals surface area contributed by atoms with Gasteiger partial charge in [-0.2, -0.15) is 5.26 Å². The van der Waals surface area contributed by atoms with Gasteiger partial charge < -0.3 is 13.6 Å². The number of hydrogen-bond donors (Lipinski definition) is 0. The predicted octanol–water partition coefficient (Wildman–Crippen LogP) is 10.2. The summed E-state index contributed by atoms with van der Waals surface area (Å²) in [5, 5.41) is 15.9. The number of nitriles is 1. The SMILES string of the molecule is [C-]#[N+]c1ccc2c(c1)c1ccccc1n2-c1ccc2c(c1)c1ccccc1n2-c1ccc2oc3ccc(C#N)cc3c2c1. The van der Waals surface area contributed by atoms with E-state index in [0.717, 1.165) is 71.5 Å². The highest BCUT2D eigenvalue weighted by Crippen LogP contribution is 2.39. The molecule has 0 fully saturated rings. The first-order valence-electron chi connectivity index (χ1n) is 14.0. The Bertz CT molecular complexity index is 2710.